The molecule has 0 bridgehead atoms. The van der Waals surface area contributed by atoms with Crippen LogP contribution in [0.3, 0.4) is 0 Å². The minimum absolute atomic E-state index is 0.457. The molecule has 1 atom stereocenters. The summed E-state index contributed by atoms with van der Waals surface area (Å²) in [5.74, 6) is 0. The maximum Gasteiger partial charge on any atom is 0.0906 e. The van der Waals surface area contributed by atoms with Gasteiger partial charge in [0.2, 0.25) is 0 Å². The maximum absolute atomic E-state index is 2.35. The van der Waals surface area contributed by atoms with Crippen molar-refractivity contribution in [3.63, 3.8) is 0 Å². The third-order valence-electron chi connectivity index (χ3n) is 3.20. The molecule has 0 spiro atoms. The van der Waals surface area contributed by atoms with Crippen molar-refractivity contribution in [1.29, 1.82) is 0 Å². The van der Waals surface area contributed by atoms with Crippen molar-refractivity contribution >= 4 is 0 Å². The van der Waals surface area contributed by atoms with Gasteiger partial charge in [-0.25, -0.2) is 0 Å². The van der Waals surface area contributed by atoms with E-state index in [0.717, 1.165) is 4.48 Å². The molecule has 0 aliphatic heterocycles. The number of hydrogen-bond acceptors (Lipinski definition) is 0. The normalized spacial score (nSPS) is 16.6. The number of rotatable bonds is 3. The summed E-state index contributed by atoms with van der Waals surface area (Å²) >= 11 is 0. The molecular weight excluding hydrogens is 134 g/mol. The van der Waals surface area contributed by atoms with E-state index in [0.29, 0.717) is 11.5 Å². The van der Waals surface area contributed by atoms with Gasteiger partial charge in [0.15, 0.2) is 0 Å². The highest BCUT2D eigenvalue weighted by atomic mass is 15.3. The van der Waals surface area contributed by atoms with Gasteiger partial charge < -0.3 is 4.48 Å². The molecular formula is C10H24N+. The minimum atomic E-state index is 0.457. The molecule has 0 fully saturated rings. The lowest BCUT2D eigenvalue weighted by molar-refractivity contribution is -0.901. The Labute approximate surface area is 72.0 Å². The van der Waals surface area contributed by atoms with Gasteiger partial charge in [-0.1, -0.05) is 20.8 Å². The first-order chi connectivity index (χ1) is 4.72. The fourth-order valence-corrected chi connectivity index (χ4v) is 1.34. The molecule has 0 aliphatic carbocycles. The lowest BCUT2D eigenvalue weighted by Gasteiger charge is -2.41. The van der Waals surface area contributed by atoms with Crippen molar-refractivity contribution in [3.05, 3.63) is 0 Å². The van der Waals surface area contributed by atoms with Gasteiger partial charge in [-0.2, -0.15) is 0 Å². The van der Waals surface area contributed by atoms with E-state index in [-0.39, 0.29) is 0 Å². The van der Waals surface area contributed by atoms with Gasteiger partial charge in [0.05, 0.1) is 27.2 Å². The van der Waals surface area contributed by atoms with Crippen LogP contribution < -0.4 is 0 Å². The lowest BCUT2D eigenvalue weighted by Crippen LogP contribution is -2.50. The Morgan fingerprint density at radius 2 is 1.55 bits per heavy atom. The fourth-order valence-electron chi connectivity index (χ4n) is 1.34. The van der Waals surface area contributed by atoms with Gasteiger partial charge in [0.1, 0.15) is 0 Å². The van der Waals surface area contributed by atoms with Crippen molar-refractivity contribution in [3.8, 4) is 0 Å². The van der Waals surface area contributed by atoms with Crippen molar-refractivity contribution in [2.45, 2.75) is 40.2 Å². The third-order valence-corrected chi connectivity index (χ3v) is 3.20. The Bertz CT molecular complexity index is 119. The minimum Gasteiger partial charge on any atom is -0.328 e. The second-order valence-electron chi connectivity index (χ2n) is 5.13. The monoisotopic (exact) mass is 158 g/mol. The van der Waals surface area contributed by atoms with Crippen molar-refractivity contribution < 1.29 is 4.48 Å². The molecule has 0 saturated heterocycles. The standard InChI is InChI=1S/C10H24N/c1-8-10(3,4)9(2)11(5,6)7/h9H,8H2,1-7H3/q+1. The SMILES string of the molecule is CCC(C)(C)C(C)[N+](C)(C)C. The summed E-state index contributed by atoms with van der Waals surface area (Å²) in [7, 11) is 6.80. The highest BCUT2D eigenvalue weighted by molar-refractivity contribution is 4.73. The summed E-state index contributed by atoms with van der Waals surface area (Å²) in [5.41, 5.74) is 0.457. The molecule has 0 saturated carbocycles. The fraction of sp³-hybridized carbons (Fsp3) is 1.00. The smallest absolute Gasteiger partial charge is 0.0906 e. The van der Waals surface area contributed by atoms with Gasteiger partial charge in [-0.3, -0.25) is 0 Å². The van der Waals surface area contributed by atoms with Crippen LogP contribution in [0.1, 0.15) is 34.1 Å². The van der Waals surface area contributed by atoms with Gasteiger partial charge in [0.25, 0.3) is 0 Å². The summed E-state index contributed by atoms with van der Waals surface area (Å²) < 4.78 is 1.06. The molecule has 0 aromatic heterocycles. The van der Waals surface area contributed by atoms with Gasteiger partial charge in [0, 0.05) is 5.41 Å². The van der Waals surface area contributed by atoms with Crippen LogP contribution in [0.15, 0.2) is 0 Å². The summed E-state index contributed by atoms with van der Waals surface area (Å²) in [6, 6.07) is 0.715. The van der Waals surface area contributed by atoms with Crippen molar-refractivity contribution in [1.82, 2.24) is 0 Å². The third kappa shape index (κ3) is 2.82. The van der Waals surface area contributed by atoms with Crippen molar-refractivity contribution in [2.24, 2.45) is 5.41 Å². The molecule has 0 aromatic carbocycles. The van der Waals surface area contributed by atoms with E-state index in [1.54, 1.807) is 0 Å². The van der Waals surface area contributed by atoms with Gasteiger partial charge in [-0.15, -0.1) is 0 Å². The Morgan fingerprint density at radius 1 is 1.18 bits per heavy atom. The quantitative estimate of drug-likeness (QED) is 0.554. The van der Waals surface area contributed by atoms with Crippen LogP contribution in [0.2, 0.25) is 0 Å². The Morgan fingerprint density at radius 3 is 1.64 bits per heavy atom. The molecule has 0 radical (unpaired) electrons. The molecule has 0 rings (SSSR count). The highest BCUT2D eigenvalue weighted by Crippen LogP contribution is 2.29. The molecule has 0 heterocycles. The van der Waals surface area contributed by atoms with Crippen LogP contribution in [-0.2, 0) is 0 Å². The van der Waals surface area contributed by atoms with Crippen LogP contribution >= 0.6 is 0 Å². The maximum atomic E-state index is 2.35. The van der Waals surface area contributed by atoms with Crippen LogP contribution in [-0.4, -0.2) is 31.7 Å². The number of nitrogens with zero attached hydrogens (tertiary/aromatic N) is 1. The van der Waals surface area contributed by atoms with E-state index >= 15 is 0 Å². The van der Waals surface area contributed by atoms with Crippen LogP contribution in [0.5, 0.6) is 0 Å². The van der Waals surface area contributed by atoms with E-state index in [2.05, 4.69) is 48.8 Å². The Hall–Kier alpha value is -0.0400. The van der Waals surface area contributed by atoms with E-state index < -0.39 is 0 Å². The molecule has 68 valence electrons. The van der Waals surface area contributed by atoms with Crippen LogP contribution in [0, 0.1) is 5.41 Å². The van der Waals surface area contributed by atoms with Gasteiger partial charge >= 0.3 is 0 Å². The zero-order chi connectivity index (χ0) is 9.28. The summed E-state index contributed by atoms with van der Waals surface area (Å²) in [5, 5.41) is 0. The molecule has 0 aliphatic rings. The van der Waals surface area contributed by atoms with E-state index in [9.17, 15) is 0 Å². The van der Waals surface area contributed by atoms with E-state index in [1.165, 1.54) is 6.42 Å². The predicted octanol–water partition coefficient (Wildman–Crippen LogP) is 2.52. The largest absolute Gasteiger partial charge is 0.328 e. The van der Waals surface area contributed by atoms with E-state index in [1.807, 2.05) is 0 Å². The summed E-state index contributed by atoms with van der Waals surface area (Å²) in [6.45, 7) is 9.30. The van der Waals surface area contributed by atoms with E-state index in [4.69, 9.17) is 0 Å². The first-order valence-electron chi connectivity index (χ1n) is 4.53. The predicted molar refractivity (Wildman–Crippen MR) is 51.6 cm³/mol. The van der Waals surface area contributed by atoms with Crippen LogP contribution in [0.25, 0.3) is 0 Å². The number of quaternary nitrogens is 1. The summed E-state index contributed by atoms with van der Waals surface area (Å²) in [4.78, 5) is 0. The first kappa shape index (κ1) is 11.0. The average molecular weight is 158 g/mol. The molecule has 11 heavy (non-hydrogen) atoms. The molecule has 0 amide bonds. The zero-order valence-electron chi connectivity index (χ0n) is 9.23. The topological polar surface area (TPSA) is 0 Å². The zero-order valence-corrected chi connectivity index (χ0v) is 9.23. The van der Waals surface area contributed by atoms with Crippen LogP contribution in [0.4, 0.5) is 0 Å². The average Bonchev–Trinajstić information content (AvgIpc) is 1.84. The highest BCUT2D eigenvalue weighted by Gasteiger charge is 2.33. The molecule has 1 heteroatoms. The molecule has 0 N–H and O–H groups in total. The number of hydrogen-bond donors (Lipinski definition) is 0. The first-order valence-corrected chi connectivity index (χ1v) is 4.53. The molecule has 1 nitrogen and oxygen atoms in total. The summed E-state index contributed by atoms with van der Waals surface area (Å²) in [6.07, 6.45) is 1.25. The Balaban J connectivity index is 4.35. The molecule has 1 unspecified atom stereocenters. The van der Waals surface area contributed by atoms with Gasteiger partial charge in [-0.05, 0) is 13.3 Å². The van der Waals surface area contributed by atoms with Crippen molar-refractivity contribution in [2.75, 3.05) is 21.1 Å². The second-order valence-corrected chi connectivity index (χ2v) is 5.13. The molecule has 0 aromatic rings. The lowest BCUT2D eigenvalue weighted by atomic mass is 9.81. The second kappa shape index (κ2) is 3.14. The Kier molecular flexibility index (Phi) is 3.13.